The summed E-state index contributed by atoms with van der Waals surface area (Å²) in [5.41, 5.74) is 5.71. The number of hydrogen-bond donors (Lipinski definition) is 2. The number of benzene rings is 1. The maximum Gasteiger partial charge on any atom is 0.0379 e. The molecular formula is C14H20N2. The van der Waals surface area contributed by atoms with E-state index in [1.807, 2.05) is 0 Å². The Morgan fingerprint density at radius 2 is 1.31 bits per heavy atom. The van der Waals surface area contributed by atoms with Gasteiger partial charge in [-0.15, -0.1) is 0 Å². The lowest BCUT2D eigenvalue weighted by molar-refractivity contribution is 0.666. The summed E-state index contributed by atoms with van der Waals surface area (Å²) in [6.45, 7) is 4.53. The highest BCUT2D eigenvalue weighted by molar-refractivity contribution is 5.66. The summed E-state index contributed by atoms with van der Waals surface area (Å²) in [7, 11) is 0. The van der Waals surface area contributed by atoms with E-state index in [4.69, 9.17) is 0 Å². The SMILES string of the molecule is CC1CCc2cc3c(cc2N1)CCC(C)N3. The van der Waals surface area contributed by atoms with Crippen LogP contribution in [0.1, 0.15) is 37.8 Å². The van der Waals surface area contributed by atoms with Gasteiger partial charge in [0.05, 0.1) is 0 Å². The Labute approximate surface area is 97.4 Å². The molecule has 2 heteroatoms. The standard InChI is InChI=1S/C14H20N2/c1-9-3-5-11-8-14-12(7-13(11)15-9)6-4-10(2)16-14/h7-10,15-16H,3-6H2,1-2H3. The fraction of sp³-hybridized carbons (Fsp3) is 0.571. The van der Waals surface area contributed by atoms with Gasteiger partial charge in [-0.3, -0.25) is 0 Å². The van der Waals surface area contributed by atoms with Gasteiger partial charge in [0.25, 0.3) is 0 Å². The van der Waals surface area contributed by atoms with E-state index < -0.39 is 0 Å². The molecule has 2 atom stereocenters. The van der Waals surface area contributed by atoms with Crippen molar-refractivity contribution in [3.05, 3.63) is 23.3 Å². The summed E-state index contributed by atoms with van der Waals surface area (Å²) in [4.78, 5) is 0. The van der Waals surface area contributed by atoms with Gasteiger partial charge in [0.15, 0.2) is 0 Å². The topological polar surface area (TPSA) is 24.1 Å². The zero-order valence-corrected chi connectivity index (χ0v) is 10.1. The van der Waals surface area contributed by atoms with Gasteiger partial charge in [-0.1, -0.05) is 0 Å². The minimum absolute atomic E-state index is 0.626. The molecular weight excluding hydrogens is 196 g/mol. The van der Waals surface area contributed by atoms with Crippen molar-refractivity contribution in [2.24, 2.45) is 0 Å². The maximum absolute atomic E-state index is 3.59. The van der Waals surface area contributed by atoms with Crippen LogP contribution < -0.4 is 10.6 Å². The molecule has 0 fully saturated rings. The molecule has 2 nitrogen and oxygen atoms in total. The van der Waals surface area contributed by atoms with Crippen LogP contribution in [0.2, 0.25) is 0 Å². The van der Waals surface area contributed by atoms with Crippen LogP contribution in [0.4, 0.5) is 11.4 Å². The molecule has 86 valence electrons. The van der Waals surface area contributed by atoms with E-state index in [-0.39, 0.29) is 0 Å². The summed E-state index contributed by atoms with van der Waals surface area (Å²) in [5.74, 6) is 0. The summed E-state index contributed by atoms with van der Waals surface area (Å²) in [6.07, 6.45) is 4.93. The highest BCUT2D eigenvalue weighted by atomic mass is 14.9. The first-order valence-electron chi connectivity index (χ1n) is 6.41. The van der Waals surface area contributed by atoms with Crippen molar-refractivity contribution in [3.8, 4) is 0 Å². The lowest BCUT2D eigenvalue weighted by Crippen LogP contribution is -2.25. The molecule has 16 heavy (non-hydrogen) atoms. The van der Waals surface area contributed by atoms with Gasteiger partial charge in [-0.05, 0) is 62.8 Å². The molecule has 3 rings (SSSR count). The van der Waals surface area contributed by atoms with Crippen molar-refractivity contribution in [1.82, 2.24) is 0 Å². The first-order chi connectivity index (χ1) is 7.72. The van der Waals surface area contributed by atoms with Gasteiger partial charge in [-0.25, -0.2) is 0 Å². The largest absolute Gasteiger partial charge is 0.382 e. The van der Waals surface area contributed by atoms with Gasteiger partial charge in [0.1, 0.15) is 0 Å². The van der Waals surface area contributed by atoms with Crippen LogP contribution >= 0.6 is 0 Å². The Hall–Kier alpha value is -1.18. The zero-order chi connectivity index (χ0) is 11.1. The molecule has 2 unspecified atom stereocenters. The number of rotatable bonds is 0. The number of nitrogens with one attached hydrogen (secondary N) is 2. The highest BCUT2D eigenvalue weighted by Gasteiger charge is 2.20. The van der Waals surface area contributed by atoms with Crippen LogP contribution in [-0.4, -0.2) is 12.1 Å². The first kappa shape index (κ1) is 10.0. The van der Waals surface area contributed by atoms with Crippen molar-refractivity contribution in [3.63, 3.8) is 0 Å². The minimum Gasteiger partial charge on any atom is -0.382 e. The number of fused-ring (bicyclic) bond motifs is 2. The zero-order valence-electron chi connectivity index (χ0n) is 10.1. The van der Waals surface area contributed by atoms with E-state index in [2.05, 4.69) is 36.6 Å². The Bertz CT molecular complexity index is 372. The van der Waals surface area contributed by atoms with Gasteiger partial charge >= 0.3 is 0 Å². The van der Waals surface area contributed by atoms with E-state index in [0.29, 0.717) is 12.1 Å². The van der Waals surface area contributed by atoms with Gasteiger partial charge in [0, 0.05) is 23.5 Å². The summed E-state index contributed by atoms with van der Waals surface area (Å²) in [6, 6.07) is 5.97. The number of hydrogen-bond acceptors (Lipinski definition) is 2. The minimum atomic E-state index is 0.626. The molecule has 0 spiro atoms. The highest BCUT2D eigenvalue weighted by Crippen LogP contribution is 2.33. The average Bonchev–Trinajstić information content (AvgIpc) is 2.26. The average molecular weight is 216 g/mol. The Morgan fingerprint density at radius 1 is 0.875 bits per heavy atom. The van der Waals surface area contributed by atoms with Crippen LogP contribution in [0.25, 0.3) is 0 Å². The molecule has 0 aromatic heterocycles. The van der Waals surface area contributed by atoms with Crippen LogP contribution in [0.15, 0.2) is 12.1 Å². The Kier molecular flexibility index (Phi) is 2.31. The van der Waals surface area contributed by atoms with Crippen LogP contribution in [0.5, 0.6) is 0 Å². The van der Waals surface area contributed by atoms with E-state index in [0.717, 1.165) is 0 Å². The molecule has 0 saturated heterocycles. The molecule has 2 aliphatic rings. The van der Waals surface area contributed by atoms with Crippen LogP contribution in [-0.2, 0) is 12.8 Å². The predicted octanol–water partition coefficient (Wildman–Crippen LogP) is 3.18. The monoisotopic (exact) mass is 216 g/mol. The van der Waals surface area contributed by atoms with Gasteiger partial charge in [-0.2, -0.15) is 0 Å². The fourth-order valence-electron chi connectivity index (χ4n) is 2.79. The summed E-state index contributed by atoms with van der Waals surface area (Å²) in [5, 5.41) is 7.19. The molecule has 2 N–H and O–H groups in total. The van der Waals surface area contributed by atoms with Crippen molar-refractivity contribution in [1.29, 1.82) is 0 Å². The van der Waals surface area contributed by atoms with Crippen LogP contribution in [0, 0.1) is 0 Å². The summed E-state index contributed by atoms with van der Waals surface area (Å²) >= 11 is 0. The molecule has 1 aromatic rings. The number of aryl methyl sites for hydroxylation is 2. The van der Waals surface area contributed by atoms with E-state index in [9.17, 15) is 0 Å². The lowest BCUT2D eigenvalue weighted by atomic mass is 9.92. The smallest absolute Gasteiger partial charge is 0.0379 e. The Balaban J connectivity index is 1.99. The molecule has 0 saturated carbocycles. The summed E-state index contributed by atoms with van der Waals surface area (Å²) < 4.78 is 0. The maximum atomic E-state index is 3.59. The van der Waals surface area contributed by atoms with E-state index in [1.54, 1.807) is 0 Å². The van der Waals surface area contributed by atoms with E-state index in [1.165, 1.54) is 48.2 Å². The van der Waals surface area contributed by atoms with Crippen molar-refractivity contribution in [2.75, 3.05) is 10.6 Å². The predicted molar refractivity (Wildman–Crippen MR) is 69.3 cm³/mol. The van der Waals surface area contributed by atoms with Gasteiger partial charge < -0.3 is 10.6 Å². The third-order valence-electron chi connectivity index (χ3n) is 3.83. The van der Waals surface area contributed by atoms with Crippen molar-refractivity contribution in [2.45, 2.75) is 51.6 Å². The fourth-order valence-corrected chi connectivity index (χ4v) is 2.79. The first-order valence-corrected chi connectivity index (χ1v) is 6.41. The molecule has 2 heterocycles. The van der Waals surface area contributed by atoms with Crippen molar-refractivity contribution < 1.29 is 0 Å². The van der Waals surface area contributed by atoms with E-state index >= 15 is 0 Å². The Morgan fingerprint density at radius 3 is 1.75 bits per heavy atom. The second-order valence-electron chi connectivity index (χ2n) is 5.33. The second kappa shape index (κ2) is 3.69. The lowest BCUT2D eigenvalue weighted by Gasteiger charge is -2.30. The molecule has 1 aromatic carbocycles. The third-order valence-corrected chi connectivity index (χ3v) is 3.83. The molecule has 0 radical (unpaired) electrons. The van der Waals surface area contributed by atoms with Gasteiger partial charge in [0.2, 0.25) is 0 Å². The molecule has 0 bridgehead atoms. The third kappa shape index (κ3) is 1.66. The van der Waals surface area contributed by atoms with Crippen molar-refractivity contribution >= 4 is 11.4 Å². The van der Waals surface area contributed by atoms with Crippen LogP contribution in [0.3, 0.4) is 0 Å². The quantitative estimate of drug-likeness (QED) is 0.696. The number of anilines is 2. The molecule has 2 aliphatic heterocycles. The molecule has 0 amide bonds. The second-order valence-corrected chi connectivity index (χ2v) is 5.33. The normalized spacial score (nSPS) is 27.4. The molecule has 0 aliphatic carbocycles.